The lowest BCUT2D eigenvalue weighted by molar-refractivity contribution is 0.0552. The molecule has 0 amide bonds. The van der Waals surface area contributed by atoms with Crippen molar-refractivity contribution in [3.63, 3.8) is 0 Å². The van der Waals surface area contributed by atoms with Crippen molar-refractivity contribution in [3.8, 4) is 11.3 Å². The first kappa shape index (κ1) is 25.0. The highest BCUT2D eigenvalue weighted by Crippen LogP contribution is 2.43. The Morgan fingerprint density at radius 1 is 1.08 bits per heavy atom. The number of rotatable bonds is 5. The molecule has 1 fully saturated rings. The summed E-state index contributed by atoms with van der Waals surface area (Å²) in [5.74, 6) is 0.317. The van der Waals surface area contributed by atoms with E-state index in [-0.39, 0.29) is 6.04 Å². The number of fused-ring (bicyclic) bond motifs is 3. The lowest BCUT2D eigenvalue weighted by atomic mass is 9.86. The Hall–Kier alpha value is -3.26. The predicted molar refractivity (Wildman–Crippen MR) is 150 cm³/mol. The highest BCUT2D eigenvalue weighted by Gasteiger charge is 2.32. The highest BCUT2D eigenvalue weighted by atomic mass is 35.5. The van der Waals surface area contributed by atoms with Crippen LogP contribution in [0, 0.1) is 12.8 Å². The van der Waals surface area contributed by atoms with Crippen LogP contribution in [0.5, 0.6) is 0 Å². The Labute approximate surface area is 227 Å². The van der Waals surface area contributed by atoms with E-state index in [9.17, 15) is 5.11 Å². The van der Waals surface area contributed by atoms with Gasteiger partial charge in [-0.05, 0) is 68.9 Å². The van der Waals surface area contributed by atoms with E-state index in [0.29, 0.717) is 5.92 Å². The van der Waals surface area contributed by atoms with Crippen molar-refractivity contribution in [2.75, 3.05) is 13.2 Å². The number of benzene rings is 2. The number of pyridine rings is 1. The number of aromatic nitrogens is 5. The summed E-state index contributed by atoms with van der Waals surface area (Å²) in [6, 6.07) is 16.5. The van der Waals surface area contributed by atoms with E-state index >= 15 is 0 Å². The largest absolute Gasteiger partial charge is 0.386 e. The first-order chi connectivity index (χ1) is 18.2. The number of hydrogen-bond donors (Lipinski definition) is 1. The Morgan fingerprint density at radius 2 is 1.84 bits per heavy atom. The van der Waals surface area contributed by atoms with E-state index in [2.05, 4.69) is 45.2 Å². The zero-order valence-electron chi connectivity index (χ0n) is 22.1. The molecule has 7 nitrogen and oxygen atoms in total. The van der Waals surface area contributed by atoms with Crippen LogP contribution < -0.4 is 0 Å². The molecule has 0 spiro atoms. The molecule has 0 bridgehead atoms. The standard InChI is InChI=1S/C30H32ClN5O2/c1-18-28(35(4)34-33-18)20-15-26-27(32-17-20)23-10-9-21(30(2,3)37)16-25(23)36(26)29(19-11-13-38-14-12-19)22-7-5-6-8-24(22)31/h5-10,15-17,19,29,37H,11-14H2,1-4H3/t29-/m0/s1. The van der Waals surface area contributed by atoms with Gasteiger partial charge in [0.05, 0.1) is 39.6 Å². The molecular formula is C30H32ClN5O2. The zero-order chi connectivity index (χ0) is 26.6. The number of ether oxygens (including phenoxy) is 1. The minimum Gasteiger partial charge on any atom is -0.386 e. The van der Waals surface area contributed by atoms with E-state index in [1.807, 2.05) is 52.2 Å². The maximum absolute atomic E-state index is 10.9. The van der Waals surface area contributed by atoms with Crippen LogP contribution in [-0.4, -0.2) is 42.9 Å². The zero-order valence-corrected chi connectivity index (χ0v) is 22.9. The fraction of sp³-hybridized carbons (Fsp3) is 0.367. The SMILES string of the molecule is Cc1nnn(C)c1-c1cnc2c3ccc(C(C)(C)O)cc3n([C@H](c3ccccc3Cl)C3CCOCC3)c2c1. The average Bonchev–Trinajstić information content (AvgIpc) is 3.41. The van der Waals surface area contributed by atoms with E-state index in [0.717, 1.165) is 81.1 Å². The molecule has 0 unspecified atom stereocenters. The lowest BCUT2D eigenvalue weighted by Gasteiger charge is -2.33. The second-order valence-corrected chi connectivity index (χ2v) is 11.2. The quantitative estimate of drug-likeness (QED) is 0.294. The van der Waals surface area contributed by atoms with Crippen molar-refractivity contribution >= 4 is 33.5 Å². The molecule has 6 rings (SSSR count). The number of hydrogen-bond acceptors (Lipinski definition) is 5. The van der Waals surface area contributed by atoms with Crippen LogP contribution in [0.1, 0.15) is 49.6 Å². The molecule has 0 radical (unpaired) electrons. The molecule has 1 aliphatic rings. The Morgan fingerprint density at radius 3 is 2.53 bits per heavy atom. The van der Waals surface area contributed by atoms with Crippen LogP contribution in [0.2, 0.25) is 5.02 Å². The molecule has 1 aliphatic heterocycles. The molecule has 1 atom stereocenters. The second kappa shape index (κ2) is 9.49. The third kappa shape index (κ3) is 4.19. The molecule has 196 valence electrons. The third-order valence-corrected chi connectivity index (χ3v) is 8.17. The molecule has 0 aliphatic carbocycles. The maximum atomic E-state index is 10.9. The smallest absolute Gasteiger partial charge is 0.0960 e. The van der Waals surface area contributed by atoms with E-state index in [4.69, 9.17) is 21.3 Å². The van der Waals surface area contributed by atoms with Gasteiger partial charge in [-0.1, -0.05) is 47.1 Å². The summed E-state index contributed by atoms with van der Waals surface area (Å²) in [6.07, 6.45) is 3.76. The van der Waals surface area contributed by atoms with Gasteiger partial charge >= 0.3 is 0 Å². The number of nitrogens with zero attached hydrogens (tertiary/aromatic N) is 5. The van der Waals surface area contributed by atoms with Crippen molar-refractivity contribution < 1.29 is 9.84 Å². The summed E-state index contributed by atoms with van der Waals surface area (Å²) in [4.78, 5) is 4.99. The van der Waals surface area contributed by atoms with Crippen LogP contribution in [0.25, 0.3) is 33.2 Å². The molecule has 0 saturated carbocycles. The summed E-state index contributed by atoms with van der Waals surface area (Å²) >= 11 is 6.90. The van der Waals surface area contributed by atoms with Gasteiger partial charge in [-0.3, -0.25) is 4.98 Å². The number of aliphatic hydroxyl groups is 1. The molecule has 4 heterocycles. The summed E-state index contributed by atoms with van der Waals surface area (Å²) in [5.41, 5.74) is 6.67. The Bertz CT molecular complexity index is 1620. The minimum atomic E-state index is -0.982. The summed E-state index contributed by atoms with van der Waals surface area (Å²) in [6.45, 7) is 7.05. The van der Waals surface area contributed by atoms with Crippen LogP contribution >= 0.6 is 11.6 Å². The van der Waals surface area contributed by atoms with Crippen LogP contribution in [0.4, 0.5) is 0 Å². The molecule has 5 aromatic rings. The summed E-state index contributed by atoms with van der Waals surface area (Å²) in [5, 5.41) is 21.2. The van der Waals surface area contributed by atoms with Gasteiger partial charge < -0.3 is 14.4 Å². The van der Waals surface area contributed by atoms with E-state index < -0.39 is 5.60 Å². The van der Waals surface area contributed by atoms with E-state index in [1.54, 1.807) is 4.68 Å². The van der Waals surface area contributed by atoms with Gasteiger partial charge in [0.2, 0.25) is 0 Å². The summed E-state index contributed by atoms with van der Waals surface area (Å²) < 4.78 is 9.95. The van der Waals surface area contributed by atoms with Gasteiger partial charge in [0.15, 0.2) is 0 Å². The lowest BCUT2D eigenvalue weighted by Crippen LogP contribution is -2.27. The summed E-state index contributed by atoms with van der Waals surface area (Å²) in [7, 11) is 1.90. The van der Waals surface area contributed by atoms with Gasteiger partial charge in [0.1, 0.15) is 0 Å². The molecule has 38 heavy (non-hydrogen) atoms. The highest BCUT2D eigenvalue weighted by molar-refractivity contribution is 6.31. The van der Waals surface area contributed by atoms with Crippen molar-refractivity contribution in [2.45, 2.75) is 45.3 Å². The maximum Gasteiger partial charge on any atom is 0.0960 e. The molecular weight excluding hydrogens is 498 g/mol. The predicted octanol–water partition coefficient (Wildman–Crippen LogP) is 6.19. The first-order valence-electron chi connectivity index (χ1n) is 13.1. The number of aryl methyl sites for hydroxylation is 2. The van der Waals surface area contributed by atoms with Crippen molar-refractivity contribution in [2.24, 2.45) is 13.0 Å². The topological polar surface area (TPSA) is 78.0 Å². The van der Waals surface area contributed by atoms with Crippen molar-refractivity contribution in [1.29, 1.82) is 0 Å². The number of halogens is 1. The fourth-order valence-corrected chi connectivity index (χ4v) is 6.17. The van der Waals surface area contributed by atoms with Crippen molar-refractivity contribution in [1.82, 2.24) is 24.5 Å². The Kier molecular flexibility index (Phi) is 6.25. The molecule has 8 heteroatoms. The average molecular weight is 530 g/mol. The normalized spacial score (nSPS) is 15.9. The molecule has 3 aromatic heterocycles. The van der Waals surface area contributed by atoms with Gasteiger partial charge in [-0.25, -0.2) is 4.68 Å². The van der Waals surface area contributed by atoms with Crippen molar-refractivity contribution in [3.05, 3.63) is 76.6 Å². The molecule has 2 aromatic carbocycles. The van der Waals surface area contributed by atoms with Gasteiger partial charge in [-0.15, -0.1) is 5.10 Å². The molecule has 1 saturated heterocycles. The van der Waals surface area contributed by atoms with Crippen LogP contribution in [0.15, 0.2) is 54.7 Å². The van der Waals surface area contributed by atoms with Gasteiger partial charge in [0.25, 0.3) is 0 Å². The molecule has 1 N–H and O–H groups in total. The van der Waals surface area contributed by atoms with E-state index in [1.165, 1.54) is 0 Å². The fourth-order valence-electron chi connectivity index (χ4n) is 5.92. The minimum absolute atomic E-state index is 0.0348. The Balaban J connectivity index is 1.71. The third-order valence-electron chi connectivity index (χ3n) is 7.83. The second-order valence-electron chi connectivity index (χ2n) is 10.8. The van der Waals surface area contributed by atoms with Gasteiger partial charge in [-0.2, -0.15) is 0 Å². The van der Waals surface area contributed by atoms with Crippen LogP contribution in [-0.2, 0) is 17.4 Å². The van der Waals surface area contributed by atoms with Crippen LogP contribution in [0.3, 0.4) is 0 Å². The van der Waals surface area contributed by atoms with Gasteiger partial charge in [0, 0.05) is 42.4 Å². The monoisotopic (exact) mass is 529 g/mol. The first-order valence-corrected chi connectivity index (χ1v) is 13.5.